The Morgan fingerprint density at radius 3 is 2.94 bits per heavy atom. The van der Waals surface area contributed by atoms with Gasteiger partial charge in [0.15, 0.2) is 0 Å². The highest BCUT2D eigenvalue weighted by Gasteiger charge is 2.34. The number of ether oxygens (including phenoxy) is 2. The molecule has 1 aromatic carbocycles. The third kappa shape index (κ3) is 2.21. The van der Waals surface area contributed by atoms with Crippen LogP contribution in [0.3, 0.4) is 0 Å². The zero-order valence-corrected chi connectivity index (χ0v) is 11.0. The minimum Gasteiger partial charge on any atom is -0.487 e. The van der Waals surface area contributed by atoms with Gasteiger partial charge in [-0.15, -0.1) is 0 Å². The van der Waals surface area contributed by atoms with Gasteiger partial charge in [0.05, 0.1) is 12.2 Å². The molecule has 1 aromatic rings. The number of rotatable bonds is 1. The largest absolute Gasteiger partial charge is 0.487 e. The number of hydrogen-bond acceptors (Lipinski definition) is 3. The highest BCUT2D eigenvalue weighted by Crippen LogP contribution is 2.38. The molecule has 3 nitrogen and oxygen atoms in total. The van der Waals surface area contributed by atoms with E-state index in [2.05, 4.69) is 15.9 Å². The van der Waals surface area contributed by atoms with Crippen LogP contribution < -0.4 is 4.74 Å². The summed E-state index contributed by atoms with van der Waals surface area (Å²) in [6, 6.07) is 5.76. The molecule has 3 atom stereocenters. The topological polar surface area (TPSA) is 38.7 Å². The van der Waals surface area contributed by atoms with Crippen LogP contribution in [0.2, 0.25) is 0 Å². The number of hydrogen-bond donors (Lipinski definition) is 1. The van der Waals surface area contributed by atoms with E-state index in [0.717, 1.165) is 35.2 Å². The van der Waals surface area contributed by atoms with Gasteiger partial charge < -0.3 is 14.6 Å². The second kappa shape index (κ2) is 4.59. The number of fused-ring (bicyclic) bond motifs is 1. The van der Waals surface area contributed by atoms with Crippen molar-refractivity contribution < 1.29 is 14.6 Å². The molecule has 0 saturated carbocycles. The molecule has 1 saturated heterocycles. The normalized spacial score (nSPS) is 32.0. The molecule has 4 heteroatoms. The molecule has 3 rings (SSSR count). The van der Waals surface area contributed by atoms with E-state index < -0.39 is 6.10 Å². The Hall–Kier alpha value is -0.580. The minimum atomic E-state index is -0.443. The average Bonchev–Trinajstić information content (AvgIpc) is 2.81. The first-order chi connectivity index (χ1) is 8.24. The first kappa shape index (κ1) is 11.5. The van der Waals surface area contributed by atoms with Crippen LogP contribution in [0.1, 0.15) is 30.9 Å². The van der Waals surface area contributed by atoms with E-state index in [1.54, 1.807) is 0 Å². The van der Waals surface area contributed by atoms with Crippen LogP contribution in [0.5, 0.6) is 5.75 Å². The lowest BCUT2D eigenvalue weighted by Crippen LogP contribution is -2.36. The van der Waals surface area contributed by atoms with Crippen molar-refractivity contribution in [2.45, 2.75) is 37.6 Å². The van der Waals surface area contributed by atoms with Crippen molar-refractivity contribution in [2.24, 2.45) is 0 Å². The Kier molecular flexibility index (Phi) is 3.11. The van der Waals surface area contributed by atoms with Crippen molar-refractivity contribution in [1.29, 1.82) is 0 Å². The molecule has 2 aliphatic heterocycles. The fourth-order valence-electron chi connectivity index (χ4n) is 2.57. The number of halogens is 1. The van der Waals surface area contributed by atoms with Gasteiger partial charge in [0, 0.05) is 23.1 Å². The first-order valence-corrected chi connectivity index (χ1v) is 6.79. The first-order valence-electron chi connectivity index (χ1n) is 6.00. The second-order valence-electron chi connectivity index (χ2n) is 4.64. The van der Waals surface area contributed by atoms with E-state index in [0.29, 0.717) is 6.42 Å². The second-order valence-corrected chi connectivity index (χ2v) is 5.56. The van der Waals surface area contributed by atoms with Crippen LogP contribution in [-0.4, -0.2) is 23.9 Å². The van der Waals surface area contributed by atoms with Crippen molar-refractivity contribution in [1.82, 2.24) is 0 Å². The van der Waals surface area contributed by atoms with Gasteiger partial charge in [0.25, 0.3) is 0 Å². The summed E-state index contributed by atoms with van der Waals surface area (Å²) in [6.45, 7) is 0.811. The highest BCUT2D eigenvalue weighted by atomic mass is 79.9. The van der Waals surface area contributed by atoms with E-state index in [4.69, 9.17) is 9.47 Å². The van der Waals surface area contributed by atoms with Crippen LogP contribution in [0.4, 0.5) is 0 Å². The van der Waals surface area contributed by atoms with Crippen molar-refractivity contribution in [2.75, 3.05) is 6.61 Å². The fourth-order valence-corrected chi connectivity index (χ4v) is 2.91. The average molecular weight is 299 g/mol. The predicted molar refractivity (Wildman–Crippen MR) is 67.1 cm³/mol. The number of benzene rings is 1. The quantitative estimate of drug-likeness (QED) is 0.866. The van der Waals surface area contributed by atoms with E-state index in [1.807, 2.05) is 18.2 Å². The zero-order chi connectivity index (χ0) is 11.8. The number of aliphatic hydroxyl groups is 1. The van der Waals surface area contributed by atoms with E-state index in [-0.39, 0.29) is 12.2 Å². The molecule has 0 aliphatic carbocycles. The van der Waals surface area contributed by atoms with Gasteiger partial charge in [-0.3, -0.25) is 0 Å². The Balaban J connectivity index is 1.85. The lowest BCUT2D eigenvalue weighted by Gasteiger charge is -2.32. The Morgan fingerprint density at radius 2 is 2.18 bits per heavy atom. The van der Waals surface area contributed by atoms with E-state index >= 15 is 0 Å². The van der Waals surface area contributed by atoms with Crippen LogP contribution in [0.15, 0.2) is 22.7 Å². The van der Waals surface area contributed by atoms with Crippen LogP contribution in [0, 0.1) is 0 Å². The summed E-state index contributed by atoms with van der Waals surface area (Å²) < 4.78 is 12.6. The summed E-state index contributed by atoms with van der Waals surface area (Å²) in [6.07, 6.45) is 2.42. The smallest absolute Gasteiger partial charge is 0.128 e. The lowest BCUT2D eigenvalue weighted by atomic mass is 9.95. The maximum Gasteiger partial charge on any atom is 0.128 e. The zero-order valence-electron chi connectivity index (χ0n) is 9.43. The molecule has 0 spiro atoms. The molecule has 0 radical (unpaired) electrons. The lowest BCUT2D eigenvalue weighted by molar-refractivity contribution is -0.0271. The van der Waals surface area contributed by atoms with Crippen molar-refractivity contribution in [3.8, 4) is 5.75 Å². The van der Waals surface area contributed by atoms with Gasteiger partial charge in [-0.05, 0) is 25.0 Å². The van der Waals surface area contributed by atoms with Gasteiger partial charge >= 0.3 is 0 Å². The molecular formula is C13H15BrO3. The molecule has 0 aromatic heterocycles. The Labute approximate surface area is 109 Å². The summed E-state index contributed by atoms with van der Waals surface area (Å²) in [5, 5.41) is 10.1. The standard InChI is InChI=1S/C13H15BrO3/c14-8-3-4-9-10(15)7-13(17-12(9)6-8)11-2-1-5-16-11/h3-4,6,10-11,13,15H,1-2,5,7H2/t10-,11?,13?/m0/s1. The predicted octanol–water partition coefficient (Wildman–Crippen LogP) is 2.81. The molecule has 2 unspecified atom stereocenters. The molecule has 0 amide bonds. The van der Waals surface area contributed by atoms with E-state index in [1.165, 1.54) is 0 Å². The molecular weight excluding hydrogens is 284 g/mol. The van der Waals surface area contributed by atoms with Gasteiger partial charge in [-0.1, -0.05) is 22.0 Å². The highest BCUT2D eigenvalue weighted by molar-refractivity contribution is 9.10. The van der Waals surface area contributed by atoms with Crippen LogP contribution in [-0.2, 0) is 4.74 Å². The van der Waals surface area contributed by atoms with Gasteiger partial charge in [0.2, 0.25) is 0 Å². The van der Waals surface area contributed by atoms with Gasteiger partial charge in [-0.2, -0.15) is 0 Å². The van der Waals surface area contributed by atoms with Crippen LogP contribution >= 0.6 is 15.9 Å². The SMILES string of the molecule is O[C@H]1CC(C2CCCO2)Oc2cc(Br)ccc21. The molecule has 1 N–H and O–H groups in total. The minimum absolute atomic E-state index is 0.0192. The Bertz CT molecular complexity index is 415. The molecule has 17 heavy (non-hydrogen) atoms. The summed E-state index contributed by atoms with van der Waals surface area (Å²) in [5.41, 5.74) is 0.877. The fraction of sp³-hybridized carbons (Fsp3) is 0.538. The molecule has 92 valence electrons. The Morgan fingerprint density at radius 1 is 1.29 bits per heavy atom. The third-order valence-electron chi connectivity index (χ3n) is 3.45. The monoisotopic (exact) mass is 298 g/mol. The van der Waals surface area contributed by atoms with Crippen LogP contribution in [0.25, 0.3) is 0 Å². The molecule has 1 fully saturated rings. The summed E-state index contributed by atoms with van der Waals surface area (Å²) in [7, 11) is 0. The van der Waals surface area contributed by atoms with Crippen molar-refractivity contribution >= 4 is 15.9 Å². The van der Waals surface area contributed by atoms with E-state index in [9.17, 15) is 5.11 Å². The maximum absolute atomic E-state index is 10.1. The number of aliphatic hydroxyl groups excluding tert-OH is 1. The third-order valence-corrected chi connectivity index (χ3v) is 3.94. The van der Waals surface area contributed by atoms with Crippen molar-refractivity contribution in [3.63, 3.8) is 0 Å². The van der Waals surface area contributed by atoms with Crippen molar-refractivity contribution in [3.05, 3.63) is 28.2 Å². The molecule has 2 aliphatic rings. The summed E-state index contributed by atoms with van der Waals surface area (Å²) >= 11 is 3.42. The maximum atomic E-state index is 10.1. The molecule has 0 bridgehead atoms. The summed E-state index contributed by atoms with van der Waals surface area (Å²) in [4.78, 5) is 0. The van der Waals surface area contributed by atoms with Gasteiger partial charge in [0.1, 0.15) is 11.9 Å². The summed E-state index contributed by atoms with van der Waals surface area (Å²) in [5.74, 6) is 0.777. The molecule has 2 heterocycles. The van der Waals surface area contributed by atoms with Gasteiger partial charge in [-0.25, -0.2) is 0 Å².